The van der Waals surface area contributed by atoms with E-state index in [1.807, 2.05) is 49.3 Å². The summed E-state index contributed by atoms with van der Waals surface area (Å²) in [5.41, 5.74) is 2.71. The van der Waals surface area contributed by atoms with Crippen LogP contribution in [0.15, 0.2) is 42.5 Å². The van der Waals surface area contributed by atoms with E-state index in [0.717, 1.165) is 11.4 Å². The van der Waals surface area contributed by atoms with Crippen LogP contribution in [0.1, 0.15) is 5.56 Å². The normalized spacial score (nSPS) is 9.79. The van der Waals surface area contributed by atoms with E-state index >= 15 is 0 Å². The van der Waals surface area contributed by atoms with Crippen LogP contribution in [0.25, 0.3) is 0 Å². The molecule has 0 aliphatic carbocycles. The second kappa shape index (κ2) is 5.40. The zero-order valence-electron chi connectivity index (χ0n) is 10.8. The Morgan fingerprint density at radius 3 is 2.58 bits per heavy atom. The summed E-state index contributed by atoms with van der Waals surface area (Å²) in [6.45, 7) is 0. The fourth-order valence-electron chi connectivity index (χ4n) is 1.85. The molecule has 0 aliphatic rings. The van der Waals surface area contributed by atoms with Gasteiger partial charge in [-0.3, -0.25) is 0 Å². The molecule has 0 unspecified atom stereocenters. The minimum Gasteiger partial charge on any atom is -0.376 e. The molecule has 0 bridgehead atoms. The molecule has 19 heavy (non-hydrogen) atoms. The third kappa shape index (κ3) is 3.02. The van der Waals surface area contributed by atoms with E-state index in [4.69, 9.17) is 5.26 Å². The van der Waals surface area contributed by atoms with Crippen LogP contribution in [0.2, 0.25) is 0 Å². The highest BCUT2D eigenvalue weighted by atomic mass is 19.1. The molecule has 0 spiro atoms. The Bertz CT molecular complexity index is 630. The molecular weight excluding hydrogens is 241 g/mol. The van der Waals surface area contributed by atoms with Gasteiger partial charge in [0, 0.05) is 19.8 Å². The summed E-state index contributed by atoms with van der Waals surface area (Å²) in [6, 6.07) is 13.9. The Morgan fingerprint density at radius 2 is 1.89 bits per heavy atom. The summed E-state index contributed by atoms with van der Waals surface area (Å²) in [6.07, 6.45) is 0. The SMILES string of the molecule is CN(C)c1ccccc1Nc1cc(F)cc(C#N)c1. The molecule has 3 nitrogen and oxygen atoms in total. The van der Waals surface area contributed by atoms with Crippen molar-refractivity contribution >= 4 is 17.1 Å². The number of halogens is 1. The van der Waals surface area contributed by atoms with E-state index in [-0.39, 0.29) is 0 Å². The Balaban J connectivity index is 2.37. The van der Waals surface area contributed by atoms with Crippen LogP contribution in [0, 0.1) is 17.1 Å². The number of benzene rings is 2. The van der Waals surface area contributed by atoms with Crippen LogP contribution >= 0.6 is 0 Å². The quantitative estimate of drug-likeness (QED) is 0.912. The maximum atomic E-state index is 13.4. The molecule has 0 saturated carbocycles. The first-order chi connectivity index (χ1) is 9.10. The molecule has 0 aromatic heterocycles. The minimum absolute atomic E-state index is 0.296. The van der Waals surface area contributed by atoms with E-state index in [1.165, 1.54) is 12.1 Å². The van der Waals surface area contributed by atoms with Gasteiger partial charge in [0.15, 0.2) is 0 Å². The molecule has 0 aliphatic heterocycles. The molecular formula is C15H14FN3. The molecule has 0 fully saturated rings. The summed E-state index contributed by atoms with van der Waals surface area (Å²) in [5.74, 6) is -0.427. The number of anilines is 3. The van der Waals surface area contributed by atoms with Gasteiger partial charge < -0.3 is 10.2 Å². The maximum absolute atomic E-state index is 13.4. The lowest BCUT2D eigenvalue weighted by atomic mass is 10.2. The fourth-order valence-corrected chi connectivity index (χ4v) is 1.85. The molecule has 0 saturated heterocycles. The average molecular weight is 255 g/mol. The van der Waals surface area contributed by atoms with Crippen molar-refractivity contribution in [2.75, 3.05) is 24.3 Å². The molecule has 2 aromatic rings. The van der Waals surface area contributed by atoms with E-state index in [2.05, 4.69) is 5.32 Å². The van der Waals surface area contributed by atoms with Gasteiger partial charge in [-0.05, 0) is 30.3 Å². The Labute approximate surface area is 111 Å². The van der Waals surface area contributed by atoms with Gasteiger partial charge in [0.1, 0.15) is 5.82 Å². The summed E-state index contributed by atoms with van der Waals surface area (Å²) in [7, 11) is 3.87. The van der Waals surface area contributed by atoms with Crippen LogP contribution in [0.3, 0.4) is 0 Å². The van der Waals surface area contributed by atoms with Crippen molar-refractivity contribution < 1.29 is 4.39 Å². The lowest BCUT2D eigenvalue weighted by molar-refractivity contribution is 0.628. The van der Waals surface area contributed by atoms with Gasteiger partial charge in [0.25, 0.3) is 0 Å². The van der Waals surface area contributed by atoms with E-state index in [9.17, 15) is 4.39 Å². The number of nitrogens with zero attached hydrogens (tertiary/aromatic N) is 2. The van der Waals surface area contributed by atoms with Crippen molar-refractivity contribution in [2.45, 2.75) is 0 Å². The second-order valence-corrected chi connectivity index (χ2v) is 4.38. The molecule has 0 amide bonds. The number of rotatable bonds is 3. The van der Waals surface area contributed by atoms with Gasteiger partial charge in [-0.1, -0.05) is 12.1 Å². The number of hydrogen-bond acceptors (Lipinski definition) is 3. The van der Waals surface area contributed by atoms with Crippen LogP contribution in [0.5, 0.6) is 0 Å². The summed E-state index contributed by atoms with van der Waals surface area (Å²) < 4.78 is 13.4. The summed E-state index contributed by atoms with van der Waals surface area (Å²) >= 11 is 0. The molecule has 4 heteroatoms. The maximum Gasteiger partial charge on any atom is 0.126 e. The van der Waals surface area contributed by atoms with Crippen LogP contribution in [0.4, 0.5) is 21.5 Å². The topological polar surface area (TPSA) is 39.1 Å². The van der Waals surface area contributed by atoms with E-state index in [1.54, 1.807) is 6.07 Å². The second-order valence-electron chi connectivity index (χ2n) is 4.38. The molecule has 0 radical (unpaired) electrons. The van der Waals surface area contributed by atoms with Gasteiger partial charge in [0.2, 0.25) is 0 Å². The van der Waals surface area contributed by atoms with Crippen molar-refractivity contribution in [2.24, 2.45) is 0 Å². The number of nitriles is 1. The van der Waals surface area contributed by atoms with Crippen LogP contribution in [-0.2, 0) is 0 Å². The largest absolute Gasteiger partial charge is 0.376 e. The Morgan fingerprint density at radius 1 is 1.16 bits per heavy atom. The summed E-state index contributed by atoms with van der Waals surface area (Å²) in [5, 5.41) is 12.0. The monoisotopic (exact) mass is 255 g/mol. The van der Waals surface area contributed by atoms with Crippen molar-refractivity contribution in [3.8, 4) is 6.07 Å². The average Bonchev–Trinajstić information content (AvgIpc) is 2.38. The van der Waals surface area contributed by atoms with E-state index < -0.39 is 5.82 Å². The zero-order valence-corrected chi connectivity index (χ0v) is 10.8. The van der Waals surface area contributed by atoms with Crippen molar-refractivity contribution in [1.82, 2.24) is 0 Å². The van der Waals surface area contributed by atoms with Crippen LogP contribution in [-0.4, -0.2) is 14.1 Å². The number of nitrogens with one attached hydrogen (secondary N) is 1. The highest BCUT2D eigenvalue weighted by molar-refractivity contribution is 5.75. The first-order valence-electron chi connectivity index (χ1n) is 5.84. The van der Waals surface area contributed by atoms with Gasteiger partial charge in [0.05, 0.1) is 23.0 Å². The standard InChI is InChI=1S/C15H14FN3/c1-19(2)15-6-4-3-5-14(15)18-13-8-11(10-17)7-12(16)9-13/h3-9,18H,1-2H3. The Hall–Kier alpha value is -2.54. The van der Waals surface area contributed by atoms with Gasteiger partial charge >= 0.3 is 0 Å². The van der Waals surface area contributed by atoms with Gasteiger partial charge in [-0.25, -0.2) is 4.39 Å². The zero-order chi connectivity index (χ0) is 13.8. The smallest absolute Gasteiger partial charge is 0.126 e. The lowest BCUT2D eigenvalue weighted by Crippen LogP contribution is -2.10. The summed E-state index contributed by atoms with van der Waals surface area (Å²) in [4.78, 5) is 1.97. The number of hydrogen-bond donors (Lipinski definition) is 1. The molecule has 0 atom stereocenters. The van der Waals surface area contributed by atoms with Crippen molar-refractivity contribution in [3.05, 3.63) is 53.8 Å². The highest BCUT2D eigenvalue weighted by Crippen LogP contribution is 2.27. The third-order valence-electron chi connectivity index (χ3n) is 2.69. The predicted molar refractivity (Wildman–Crippen MR) is 75.2 cm³/mol. The van der Waals surface area contributed by atoms with Crippen molar-refractivity contribution in [3.63, 3.8) is 0 Å². The lowest BCUT2D eigenvalue weighted by Gasteiger charge is -2.18. The number of para-hydroxylation sites is 2. The molecule has 2 aromatic carbocycles. The van der Waals surface area contributed by atoms with Crippen LogP contribution < -0.4 is 10.2 Å². The van der Waals surface area contributed by atoms with Gasteiger partial charge in [-0.2, -0.15) is 5.26 Å². The predicted octanol–water partition coefficient (Wildman–Crippen LogP) is 3.51. The molecule has 2 rings (SSSR count). The third-order valence-corrected chi connectivity index (χ3v) is 2.69. The fraction of sp³-hybridized carbons (Fsp3) is 0.133. The highest BCUT2D eigenvalue weighted by Gasteiger charge is 2.05. The van der Waals surface area contributed by atoms with E-state index in [0.29, 0.717) is 11.3 Å². The van der Waals surface area contributed by atoms with Gasteiger partial charge in [-0.15, -0.1) is 0 Å². The Kier molecular flexibility index (Phi) is 3.67. The molecule has 1 N–H and O–H groups in total. The minimum atomic E-state index is -0.427. The first kappa shape index (κ1) is 12.9. The molecule has 96 valence electrons. The molecule has 0 heterocycles. The first-order valence-corrected chi connectivity index (χ1v) is 5.84. The van der Waals surface area contributed by atoms with Crippen molar-refractivity contribution in [1.29, 1.82) is 5.26 Å².